The predicted octanol–water partition coefficient (Wildman–Crippen LogP) is 6.61. The van der Waals surface area contributed by atoms with Crippen LogP contribution in [0.2, 0.25) is 0 Å². The molecule has 0 amide bonds. The highest BCUT2D eigenvalue weighted by atomic mass is 32.2. The van der Waals surface area contributed by atoms with E-state index in [2.05, 4.69) is 27.7 Å². The first-order valence-corrected chi connectivity index (χ1v) is 14.8. The molecule has 0 unspecified atom stereocenters. The molecule has 0 spiro atoms. The molecule has 0 aliphatic rings. The van der Waals surface area contributed by atoms with E-state index in [9.17, 15) is 10.2 Å². The van der Waals surface area contributed by atoms with Crippen LogP contribution in [0.4, 0.5) is 0 Å². The Bertz CT molecular complexity index is 937. The Balaban J connectivity index is 1.68. The van der Waals surface area contributed by atoms with Gasteiger partial charge in [0.25, 0.3) is 0 Å². The molecule has 0 aliphatic carbocycles. The van der Waals surface area contributed by atoms with Gasteiger partial charge in [-0.3, -0.25) is 9.13 Å². The number of hydrogen-bond donors (Lipinski definition) is 2. The lowest BCUT2D eigenvalue weighted by atomic mass is 10.0. The van der Waals surface area contributed by atoms with Crippen LogP contribution in [0.25, 0.3) is 0 Å². The summed E-state index contributed by atoms with van der Waals surface area (Å²) < 4.78 is 8.95. The first-order valence-electron chi connectivity index (χ1n) is 11.6. The summed E-state index contributed by atoms with van der Waals surface area (Å²) in [5, 5.41) is 20.6. The third-order valence-corrected chi connectivity index (χ3v) is 9.04. The van der Waals surface area contributed by atoms with Gasteiger partial charge >= 0.3 is 0 Å². The van der Waals surface area contributed by atoms with Crippen molar-refractivity contribution in [3.8, 4) is 11.8 Å². The molecule has 0 atom stereocenters. The van der Waals surface area contributed by atoms with Crippen LogP contribution in [0.1, 0.15) is 60.8 Å². The molecule has 0 radical (unpaired) electrons. The van der Waals surface area contributed by atoms with Gasteiger partial charge in [0.1, 0.15) is 0 Å². The Hall–Kier alpha value is -0.840. The van der Waals surface area contributed by atoms with Gasteiger partial charge in [-0.2, -0.15) is 23.5 Å². The van der Waals surface area contributed by atoms with Gasteiger partial charge < -0.3 is 19.3 Å². The van der Waals surface area contributed by atoms with Crippen molar-refractivity contribution in [3.05, 3.63) is 21.9 Å². The lowest BCUT2D eigenvalue weighted by Crippen LogP contribution is -2.27. The van der Waals surface area contributed by atoms with Gasteiger partial charge in [0.15, 0.2) is 9.54 Å². The fourth-order valence-corrected chi connectivity index (χ4v) is 7.50. The van der Waals surface area contributed by atoms with Crippen LogP contribution < -0.4 is 0 Å². The Labute approximate surface area is 217 Å². The summed E-state index contributed by atoms with van der Waals surface area (Å²) in [4.78, 5) is 0. The second-order valence-corrected chi connectivity index (χ2v) is 12.7. The number of aromatic nitrogens is 4. The summed E-state index contributed by atoms with van der Waals surface area (Å²) in [5.74, 6) is 4.83. The second kappa shape index (κ2) is 12.2. The Morgan fingerprint density at radius 3 is 1.39 bits per heavy atom. The Morgan fingerprint density at radius 1 is 0.727 bits per heavy atom. The van der Waals surface area contributed by atoms with E-state index >= 15 is 0 Å². The standard InChI is InChI=1S/C23H40N4O2S4/c1-7-24-16-18(28)26(20(24)30)22(3,4)10-14-32-12-9-13-33-15-11-23(5,6)27-19(29)17-25(8-2)21(27)31/h16-17,28-29H,7-15H2,1-6H3. The van der Waals surface area contributed by atoms with E-state index in [-0.39, 0.29) is 22.8 Å². The normalized spacial score (nSPS) is 12.5. The highest BCUT2D eigenvalue weighted by molar-refractivity contribution is 8.00. The molecule has 2 rings (SSSR count). The number of hydrogen-bond acceptors (Lipinski definition) is 6. The molecule has 0 aliphatic heterocycles. The predicted molar refractivity (Wildman–Crippen MR) is 148 cm³/mol. The third kappa shape index (κ3) is 7.08. The van der Waals surface area contributed by atoms with Crippen LogP contribution in [0.5, 0.6) is 11.8 Å². The molecule has 188 valence electrons. The summed E-state index contributed by atoms with van der Waals surface area (Å²) in [6.45, 7) is 14.1. The Kier molecular flexibility index (Phi) is 10.5. The van der Waals surface area contributed by atoms with Gasteiger partial charge in [-0.05, 0) is 108 Å². The summed E-state index contributed by atoms with van der Waals surface area (Å²) in [6, 6.07) is 0. The van der Waals surface area contributed by atoms with E-state index in [1.807, 2.05) is 55.6 Å². The van der Waals surface area contributed by atoms with Gasteiger partial charge in [-0.15, -0.1) is 0 Å². The molecule has 0 aromatic carbocycles. The number of nitrogens with zero attached hydrogens (tertiary/aromatic N) is 4. The largest absolute Gasteiger partial charge is 0.493 e. The SMILES string of the molecule is CCn1cc(O)n(C(C)(C)CCSCCCSCCC(C)(C)n2c(O)cn(CC)c2=S)c1=S. The minimum atomic E-state index is -0.210. The first-order chi connectivity index (χ1) is 15.5. The van der Waals surface area contributed by atoms with Crippen molar-refractivity contribution < 1.29 is 10.2 Å². The van der Waals surface area contributed by atoms with Crippen molar-refractivity contribution >= 4 is 48.0 Å². The van der Waals surface area contributed by atoms with E-state index in [1.165, 1.54) is 6.42 Å². The average molecular weight is 533 g/mol. The van der Waals surface area contributed by atoms with E-state index in [0.29, 0.717) is 9.54 Å². The maximum atomic E-state index is 10.3. The van der Waals surface area contributed by atoms with E-state index in [0.717, 1.165) is 48.9 Å². The van der Waals surface area contributed by atoms with Crippen molar-refractivity contribution in [2.45, 2.75) is 85.0 Å². The lowest BCUT2D eigenvalue weighted by Gasteiger charge is -2.27. The maximum absolute atomic E-state index is 10.3. The van der Waals surface area contributed by atoms with Gasteiger partial charge in [-0.25, -0.2) is 0 Å². The number of rotatable bonds is 14. The smallest absolute Gasteiger partial charge is 0.210 e. The number of aryl methyl sites for hydroxylation is 2. The molecule has 0 fully saturated rings. The highest BCUT2D eigenvalue weighted by Gasteiger charge is 2.26. The highest BCUT2D eigenvalue weighted by Crippen LogP contribution is 2.30. The molecule has 6 nitrogen and oxygen atoms in total. The van der Waals surface area contributed by atoms with Crippen LogP contribution in [-0.4, -0.2) is 51.5 Å². The monoisotopic (exact) mass is 532 g/mol. The van der Waals surface area contributed by atoms with Crippen molar-refractivity contribution in [2.75, 3.05) is 23.0 Å². The van der Waals surface area contributed by atoms with Crippen molar-refractivity contribution in [2.24, 2.45) is 0 Å². The summed E-state index contributed by atoms with van der Waals surface area (Å²) in [7, 11) is 0. The third-order valence-electron chi connectivity index (χ3n) is 6.06. The maximum Gasteiger partial charge on any atom is 0.210 e. The number of imidazole rings is 2. The van der Waals surface area contributed by atoms with E-state index < -0.39 is 0 Å². The van der Waals surface area contributed by atoms with Gasteiger partial charge in [-0.1, -0.05) is 0 Å². The molecule has 0 saturated heterocycles. The minimum Gasteiger partial charge on any atom is -0.493 e. The van der Waals surface area contributed by atoms with Crippen molar-refractivity contribution in [1.29, 1.82) is 0 Å². The molecular formula is C23H40N4O2S4. The molecule has 2 aromatic rings. The number of aromatic hydroxyl groups is 2. The van der Waals surface area contributed by atoms with Crippen LogP contribution in [-0.2, 0) is 24.2 Å². The summed E-state index contributed by atoms with van der Waals surface area (Å²) in [6.07, 6.45) is 6.53. The zero-order valence-electron chi connectivity index (χ0n) is 20.8. The van der Waals surface area contributed by atoms with Gasteiger partial charge in [0.05, 0.1) is 12.4 Å². The fraction of sp³-hybridized carbons (Fsp3) is 0.739. The summed E-state index contributed by atoms with van der Waals surface area (Å²) >= 11 is 15.0. The quantitative estimate of drug-likeness (QED) is 0.211. The number of thioether (sulfide) groups is 2. The zero-order chi connectivity index (χ0) is 24.8. The van der Waals surface area contributed by atoms with Crippen molar-refractivity contribution in [1.82, 2.24) is 18.3 Å². The second-order valence-electron chi connectivity index (χ2n) is 9.49. The summed E-state index contributed by atoms with van der Waals surface area (Å²) in [5.41, 5.74) is -0.420. The molecule has 0 saturated carbocycles. The van der Waals surface area contributed by atoms with Crippen LogP contribution in [0, 0.1) is 9.54 Å². The van der Waals surface area contributed by atoms with E-state index in [4.69, 9.17) is 24.4 Å². The lowest BCUT2D eigenvalue weighted by molar-refractivity contribution is 0.290. The molecular weight excluding hydrogens is 493 g/mol. The van der Waals surface area contributed by atoms with E-state index in [1.54, 1.807) is 12.4 Å². The molecule has 0 bridgehead atoms. The first kappa shape index (κ1) is 28.4. The van der Waals surface area contributed by atoms with Crippen LogP contribution >= 0.6 is 48.0 Å². The molecule has 2 aromatic heterocycles. The van der Waals surface area contributed by atoms with Crippen LogP contribution in [0.15, 0.2) is 12.4 Å². The Morgan fingerprint density at radius 2 is 1.09 bits per heavy atom. The van der Waals surface area contributed by atoms with Crippen molar-refractivity contribution in [3.63, 3.8) is 0 Å². The average Bonchev–Trinajstić information content (AvgIpc) is 3.20. The minimum absolute atomic E-state index is 0.210. The molecule has 33 heavy (non-hydrogen) atoms. The van der Waals surface area contributed by atoms with Crippen LogP contribution in [0.3, 0.4) is 0 Å². The van der Waals surface area contributed by atoms with Gasteiger partial charge in [0.2, 0.25) is 11.8 Å². The molecule has 2 N–H and O–H groups in total. The zero-order valence-corrected chi connectivity index (χ0v) is 24.1. The topological polar surface area (TPSA) is 60.2 Å². The van der Waals surface area contributed by atoms with Gasteiger partial charge in [0, 0.05) is 24.2 Å². The molecule has 10 heteroatoms. The molecule has 2 heterocycles. The fourth-order valence-electron chi connectivity index (χ4n) is 3.88.